The minimum absolute atomic E-state index is 0.185. The fourth-order valence-electron chi connectivity index (χ4n) is 1.66. The van der Waals surface area contributed by atoms with Gasteiger partial charge in [-0.2, -0.15) is 0 Å². The molecule has 14 heavy (non-hydrogen) atoms. The summed E-state index contributed by atoms with van der Waals surface area (Å²) in [5.41, 5.74) is 0.352. The van der Waals surface area contributed by atoms with Gasteiger partial charge in [0.25, 0.3) is 0 Å². The Labute approximate surface area is 95.0 Å². The lowest BCUT2D eigenvalue weighted by atomic mass is 10.2. The summed E-state index contributed by atoms with van der Waals surface area (Å²) in [6, 6.07) is 1.87. The van der Waals surface area contributed by atoms with Gasteiger partial charge in [0, 0.05) is 16.4 Å². The fourth-order valence-corrected chi connectivity index (χ4v) is 2.26. The highest BCUT2D eigenvalue weighted by molar-refractivity contribution is 14.1. The van der Waals surface area contributed by atoms with Gasteiger partial charge in [0.05, 0.1) is 12.6 Å². The lowest BCUT2D eigenvalue weighted by molar-refractivity contribution is 0.0682. The van der Waals surface area contributed by atoms with E-state index in [4.69, 9.17) is 9.84 Å². The third-order valence-corrected chi connectivity index (χ3v) is 2.92. The SMILES string of the molecule is O=C(O)c1cc(I)cn1C1CCOC1. The highest BCUT2D eigenvalue weighted by atomic mass is 127. The van der Waals surface area contributed by atoms with Crippen LogP contribution in [0, 0.1) is 3.57 Å². The summed E-state index contributed by atoms with van der Waals surface area (Å²) < 4.78 is 7.99. The van der Waals surface area contributed by atoms with Gasteiger partial charge in [-0.1, -0.05) is 0 Å². The van der Waals surface area contributed by atoms with Crippen molar-refractivity contribution in [1.82, 2.24) is 4.57 Å². The molecule has 2 heterocycles. The maximum atomic E-state index is 10.9. The van der Waals surface area contributed by atoms with Crippen LogP contribution < -0.4 is 0 Å². The van der Waals surface area contributed by atoms with Crippen LogP contribution in [-0.4, -0.2) is 28.9 Å². The van der Waals surface area contributed by atoms with Crippen LogP contribution in [0.15, 0.2) is 12.3 Å². The van der Waals surface area contributed by atoms with Crippen molar-refractivity contribution in [3.05, 3.63) is 21.5 Å². The molecule has 0 bridgehead atoms. The van der Waals surface area contributed by atoms with Crippen molar-refractivity contribution in [1.29, 1.82) is 0 Å². The monoisotopic (exact) mass is 307 g/mol. The number of hydrogen-bond acceptors (Lipinski definition) is 2. The molecule has 1 unspecified atom stereocenters. The molecule has 4 nitrogen and oxygen atoms in total. The number of aromatic carboxylic acids is 1. The minimum Gasteiger partial charge on any atom is -0.477 e. The molecule has 1 aromatic rings. The minimum atomic E-state index is -0.875. The third-order valence-electron chi connectivity index (χ3n) is 2.33. The number of aromatic nitrogens is 1. The molecule has 1 saturated heterocycles. The van der Waals surface area contributed by atoms with Crippen LogP contribution in [0.2, 0.25) is 0 Å². The predicted octanol–water partition coefficient (Wildman–Crippen LogP) is 1.75. The highest BCUT2D eigenvalue weighted by Gasteiger charge is 2.22. The zero-order valence-electron chi connectivity index (χ0n) is 7.44. The molecule has 2 rings (SSSR count). The van der Waals surface area contributed by atoms with E-state index in [1.807, 2.05) is 6.20 Å². The number of nitrogens with zero attached hydrogens (tertiary/aromatic N) is 1. The Hall–Kier alpha value is -0.560. The maximum Gasteiger partial charge on any atom is 0.352 e. The first-order valence-electron chi connectivity index (χ1n) is 4.37. The second-order valence-corrected chi connectivity index (χ2v) is 4.52. The molecular formula is C9H10INO3. The van der Waals surface area contributed by atoms with Crippen molar-refractivity contribution < 1.29 is 14.6 Å². The Kier molecular flexibility index (Phi) is 2.78. The van der Waals surface area contributed by atoms with Crippen LogP contribution >= 0.6 is 22.6 Å². The van der Waals surface area contributed by atoms with Crippen LogP contribution in [0.4, 0.5) is 0 Å². The molecule has 1 aliphatic rings. The topological polar surface area (TPSA) is 51.5 Å². The average molecular weight is 307 g/mol. The molecule has 1 N–H and O–H groups in total. The Balaban J connectivity index is 2.35. The number of carboxylic acids is 1. The summed E-state index contributed by atoms with van der Waals surface area (Å²) in [5, 5.41) is 8.97. The molecule has 0 amide bonds. The number of carboxylic acid groups (broad SMARTS) is 1. The predicted molar refractivity (Wildman–Crippen MR) is 58.6 cm³/mol. The zero-order valence-corrected chi connectivity index (χ0v) is 9.60. The zero-order chi connectivity index (χ0) is 10.1. The summed E-state index contributed by atoms with van der Waals surface area (Å²) in [4.78, 5) is 10.9. The standard InChI is InChI=1S/C9H10INO3/c10-6-3-8(9(12)13)11(4-6)7-1-2-14-5-7/h3-4,7H,1-2,5H2,(H,12,13). The van der Waals surface area contributed by atoms with E-state index in [0.29, 0.717) is 12.3 Å². The Morgan fingerprint density at radius 3 is 3.07 bits per heavy atom. The molecule has 5 heteroatoms. The van der Waals surface area contributed by atoms with Crippen LogP contribution in [0.3, 0.4) is 0 Å². The summed E-state index contributed by atoms with van der Waals surface area (Å²) in [7, 11) is 0. The lowest BCUT2D eigenvalue weighted by Crippen LogP contribution is -2.14. The largest absolute Gasteiger partial charge is 0.477 e. The number of hydrogen-bond donors (Lipinski definition) is 1. The molecule has 0 aliphatic carbocycles. The first kappa shape index (κ1) is 9.97. The quantitative estimate of drug-likeness (QED) is 0.847. The van der Waals surface area contributed by atoms with Crippen LogP contribution in [0.1, 0.15) is 23.0 Å². The van der Waals surface area contributed by atoms with Gasteiger partial charge in [-0.15, -0.1) is 0 Å². The second-order valence-electron chi connectivity index (χ2n) is 3.27. The van der Waals surface area contributed by atoms with Crippen molar-refractivity contribution in [3.8, 4) is 0 Å². The van der Waals surface area contributed by atoms with E-state index in [2.05, 4.69) is 22.6 Å². The van der Waals surface area contributed by atoms with Gasteiger partial charge < -0.3 is 14.4 Å². The molecule has 1 aliphatic heterocycles. The maximum absolute atomic E-state index is 10.9. The molecule has 0 saturated carbocycles. The summed E-state index contributed by atoms with van der Waals surface area (Å²) in [6.07, 6.45) is 2.76. The smallest absolute Gasteiger partial charge is 0.352 e. The van der Waals surface area contributed by atoms with E-state index in [1.54, 1.807) is 10.6 Å². The Morgan fingerprint density at radius 2 is 2.50 bits per heavy atom. The van der Waals surface area contributed by atoms with E-state index in [-0.39, 0.29) is 6.04 Å². The summed E-state index contributed by atoms with van der Waals surface area (Å²) in [5.74, 6) is -0.875. The molecule has 76 valence electrons. The molecule has 1 atom stereocenters. The lowest BCUT2D eigenvalue weighted by Gasteiger charge is -2.11. The van der Waals surface area contributed by atoms with E-state index < -0.39 is 5.97 Å². The van der Waals surface area contributed by atoms with E-state index in [1.165, 1.54) is 0 Å². The molecular weight excluding hydrogens is 297 g/mol. The van der Waals surface area contributed by atoms with Gasteiger partial charge >= 0.3 is 5.97 Å². The number of rotatable bonds is 2. The molecule has 0 aromatic carbocycles. The van der Waals surface area contributed by atoms with Crippen LogP contribution in [-0.2, 0) is 4.74 Å². The van der Waals surface area contributed by atoms with E-state index >= 15 is 0 Å². The van der Waals surface area contributed by atoms with Crippen molar-refractivity contribution >= 4 is 28.6 Å². The van der Waals surface area contributed by atoms with Crippen LogP contribution in [0.5, 0.6) is 0 Å². The van der Waals surface area contributed by atoms with Crippen molar-refractivity contribution in [2.24, 2.45) is 0 Å². The van der Waals surface area contributed by atoms with E-state index in [0.717, 1.165) is 16.6 Å². The van der Waals surface area contributed by atoms with Gasteiger partial charge in [0.1, 0.15) is 5.69 Å². The van der Waals surface area contributed by atoms with Gasteiger partial charge in [0.2, 0.25) is 0 Å². The van der Waals surface area contributed by atoms with E-state index in [9.17, 15) is 4.79 Å². The van der Waals surface area contributed by atoms with Crippen molar-refractivity contribution in [2.75, 3.05) is 13.2 Å². The normalized spacial score (nSPS) is 21.4. The van der Waals surface area contributed by atoms with Crippen molar-refractivity contribution in [3.63, 3.8) is 0 Å². The van der Waals surface area contributed by atoms with Gasteiger partial charge in [-0.25, -0.2) is 4.79 Å². The van der Waals surface area contributed by atoms with Gasteiger partial charge in [-0.3, -0.25) is 0 Å². The second kappa shape index (κ2) is 3.90. The highest BCUT2D eigenvalue weighted by Crippen LogP contribution is 2.23. The van der Waals surface area contributed by atoms with Gasteiger partial charge in [-0.05, 0) is 35.1 Å². The van der Waals surface area contributed by atoms with Gasteiger partial charge in [0.15, 0.2) is 0 Å². The molecule has 1 fully saturated rings. The fraction of sp³-hybridized carbons (Fsp3) is 0.444. The Morgan fingerprint density at radius 1 is 1.71 bits per heavy atom. The first-order chi connectivity index (χ1) is 6.68. The number of carbonyl (C=O) groups is 1. The average Bonchev–Trinajstić information content (AvgIpc) is 2.70. The molecule has 1 aromatic heterocycles. The third kappa shape index (κ3) is 1.78. The van der Waals surface area contributed by atoms with Crippen molar-refractivity contribution in [2.45, 2.75) is 12.5 Å². The van der Waals surface area contributed by atoms with Crippen LogP contribution in [0.25, 0.3) is 0 Å². The number of ether oxygens (including phenoxy) is 1. The molecule has 0 spiro atoms. The summed E-state index contributed by atoms with van der Waals surface area (Å²) >= 11 is 2.12. The summed E-state index contributed by atoms with van der Waals surface area (Å²) in [6.45, 7) is 1.34. The molecule has 0 radical (unpaired) electrons. The first-order valence-corrected chi connectivity index (χ1v) is 5.45. The number of halogens is 1. The Bertz CT molecular complexity index is 355.